The zero-order valence-corrected chi connectivity index (χ0v) is 73.3. The number of aliphatic hydroxyl groups is 1. The minimum absolute atomic E-state index is 0.0823. The van der Waals surface area contributed by atoms with E-state index in [1.54, 1.807) is 66.3 Å². The molecular weight excluding hydrogens is 1660 g/mol. The molecule has 0 bridgehead atoms. The lowest BCUT2D eigenvalue weighted by atomic mass is 9.99. The Morgan fingerprint density at radius 2 is 0.634 bits per heavy atom. The quantitative estimate of drug-likeness (QED) is 0.0480. The molecule has 4 aliphatic rings. The molecule has 28 heteroatoms. The number of rotatable bonds is 28. The molecule has 0 spiro atoms. The number of benzene rings is 8. The first-order valence-electron chi connectivity index (χ1n) is 44.9. The van der Waals surface area contributed by atoms with Gasteiger partial charge in [-0.15, -0.1) is 0 Å². The summed E-state index contributed by atoms with van der Waals surface area (Å²) in [6.45, 7) is 15.9. The number of aliphatic hydroxyl groups excluding tert-OH is 1. The number of pyridine rings is 4. The van der Waals surface area contributed by atoms with Gasteiger partial charge in [0.2, 0.25) is 0 Å². The van der Waals surface area contributed by atoms with Crippen LogP contribution in [0.15, 0.2) is 311 Å². The zero-order chi connectivity index (χ0) is 90.0. The van der Waals surface area contributed by atoms with Crippen molar-refractivity contribution in [2.45, 2.75) is 116 Å². The van der Waals surface area contributed by atoms with Gasteiger partial charge >= 0.3 is 0 Å². The van der Waals surface area contributed by atoms with E-state index in [1.807, 2.05) is 233 Å². The number of halogens is 3. The first kappa shape index (κ1) is 89.2. The third kappa shape index (κ3) is 23.5. The van der Waals surface area contributed by atoms with Gasteiger partial charge in [-0.25, -0.2) is 13.2 Å². The zero-order valence-electron chi connectivity index (χ0n) is 73.3. The van der Waals surface area contributed by atoms with Crippen LogP contribution in [0.25, 0.3) is 66.4 Å². The van der Waals surface area contributed by atoms with Gasteiger partial charge in [0.1, 0.15) is 55.6 Å². The molecule has 4 aliphatic heterocycles. The molecule has 1 atom stereocenters. The molecule has 4 saturated heterocycles. The van der Waals surface area contributed by atoms with E-state index in [1.165, 1.54) is 50.2 Å². The third-order valence-electron chi connectivity index (χ3n) is 24.6. The molecule has 4 fully saturated rings. The molecule has 0 radical (unpaired) electrons. The Hall–Kier alpha value is -13.8. The van der Waals surface area contributed by atoms with Crippen LogP contribution in [0.5, 0.6) is 23.0 Å². The summed E-state index contributed by atoms with van der Waals surface area (Å²) >= 11 is 0. The van der Waals surface area contributed by atoms with Crippen molar-refractivity contribution in [1.82, 2.24) is 77.0 Å². The van der Waals surface area contributed by atoms with E-state index >= 15 is 0 Å². The van der Waals surface area contributed by atoms with Crippen molar-refractivity contribution in [1.29, 1.82) is 0 Å². The lowest BCUT2D eigenvalue weighted by Crippen LogP contribution is -2.37. The number of aromatic nitrogens is 12. The van der Waals surface area contributed by atoms with Crippen molar-refractivity contribution in [2.24, 2.45) is 5.92 Å². The van der Waals surface area contributed by atoms with Crippen LogP contribution < -0.4 is 41.2 Å². The minimum Gasteiger partial charge on any atom is -0.489 e. The van der Waals surface area contributed by atoms with Gasteiger partial charge in [-0.1, -0.05) is 128 Å². The first-order chi connectivity index (χ1) is 63.9. The lowest BCUT2D eigenvalue weighted by Gasteiger charge is -2.30. The van der Waals surface area contributed by atoms with E-state index in [4.69, 9.17) is 18.9 Å². The number of fused-ring (bicyclic) bond motifs is 4. The van der Waals surface area contributed by atoms with Crippen LogP contribution in [0.2, 0.25) is 0 Å². The highest BCUT2D eigenvalue weighted by molar-refractivity contribution is 5.83. The Morgan fingerprint density at radius 1 is 0.344 bits per heavy atom. The summed E-state index contributed by atoms with van der Waals surface area (Å²) in [5.41, 5.74) is 10.8. The maximum Gasteiger partial charge on any atom is 0.261 e. The predicted octanol–water partition coefficient (Wildman–Crippen LogP) is 15.6. The van der Waals surface area contributed by atoms with Gasteiger partial charge in [-0.2, -0.15) is 20.4 Å². The Kier molecular flexibility index (Phi) is 28.7. The normalized spacial score (nSPS) is 15.7. The largest absolute Gasteiger partial charge is 0.489 e. The van der Waals surface area contributed by atoms with E-state index < -0.39 is 12.1 Å². The van der Waals surface area contributed by atoms with Gasteiger partial charge in [0.05, 0.1) is 85.7 Å². The number of hydrogen-bond donors (Lipinski definition) is 1. The van der Waals surface area contributed by atoms with E-state index in [9.17, 15) is 37.5 Å². The average molecular weight is 1770 g/mol. The highest BCUT2D eigenvalue weighted by Gasteiger charge is 2.38. The standard InChI is InChI=1S/C27H30N4O2.C26H28N4O3.C25H24F2N4O2.C25H25FN4O2/c1-21-9-12-29(13-10-21)15-16-31-26-8-7-24(17-23(26)19-28-31)30-14-11-25(18-27(30)32)33-20-22-5-3-2-4-6-22;31-23-8-11-28(12-9-23)14-15-30-25-7-6-22(16-21(25)18-27-30)29-13-10-24(17-26(29)32)33-19-20-4-2-1-3-5-20;26-25(27)9-11-29(18-25)12-13-31-23-7-6-21(14-20(23)16-28-31)30-10-8-22(15-24(30)32)33-17-19-4-2-1-3-5-19;26-21-8-10-28(17-21)12-13-30-24-7-6-22(14-20(24)16-27-30)29-11-9-23(15-25(29)31)32-18-19-4-2-1-3-5-19/h2-8,11,14,17-19,21H,9-10,12-13,15-16,20H2,1H3;1-7,10,13,16-18,23,31H,8-9,11-12,14-15,19H2;1-8,10,14-16H,9,11-13,17-18H2;1-7,9,11,14-16,21H,8,10,12-13,17-18H2/t;;;21-/m...0/s1. The second kappa shape index (κ2) is 42.2. The number of alkyl halides is 3. The molecule has 16 aromatic rings. The fraction of sp³-hybridized carbons (Fsp3) is 0.301. The van der Waals surface area contributed by atoms with Gasteiger partial charge in [-0.3, -0.25) is 66.0 Å². The topological polar surface area (TPSA) is 229 Å². The number of nitrogens with zero attached hydrogens (tertiary/aromatic N) is 16. The van der Waals surface area contributed by atoms with E-state index in [-0.39, 0.29) is 41.3 Å². The number of piperidine rings is 2. The van der Waals surface area contributed by atoms with Crippen LogP contribution in [0.4, 0.5) is 13.2 Å². The second-order valence-corrected chi connectivity index (χ2v) is 34.0. The molecule has 20 rings (SSSR count). The molecule has 12 heterocycles. The molecule has 0 saturated carbocycles. The summed E-state index contributed by atoms with van der Waals surface area (Å²) in [5.74, 6) is 0.442. The Balaban J connectivity index is 0.000000122. The van der Waals surface area contributed by atoms with Crippen molar-refractivity contribution in [3.63, 3.8) is 0 Å². The summed E-state index contributed by atoms with van der Waals surface area (Å²) in [5, 5.41) is 31.6. The fourth-order valence-corrected chi connectivity index (χ4v) is 17.0. The molecule has 674 valence electrons. The average Bonchev–Trinajstić information content (AvgIpc) is 1.70. The highest BCUT2D eigenvalue weighted by Crippen LogP contribution is 2.30. The van der Waals surface area contributed by atoms with Crippen LogP contribution in [0.3, 0.4) is 0 Å². The van der Waals surface area contributed by atoms with Crippen LogP contribution in [0, 0.1) is 5.92 Å². The molecular formula is C103H107F3N16O9. The summed E-state index contributed by atoms with van der Waals surface area (Å²) in [6.07, 6.45) is 18.2. The number of hydrogen-bond acceptors (Lipinski definition) is 17. The lowest BCUT2D eigenvalue weighted by molar-refractivity contribution is 0.0119. The molecule has 1 N–H and O–H groups in total. The summed E-state index contributed by atoms with van der Waals surface area (Å²) in [7, 11) is 0. The van der Waals surface area contributed by atoms with Crippen LogP contribution in [0.1, 0.15) is 67.7 Å². The molecule has 0 unspecified atom stereocenters. The van der Waals surface area contributed by atoms with Gasteiger partial charge < -0.3 is 33.9 Å². The Labute approximate surface area is 756 Å². The number of ether oxygens (including phenoxy) is 4. The molecule has 0 amide bonds. The summed E-state index contributed by atoms with van der Waals surface area (Å²) < 4.78 is 77.5. The Morgan fingerprint density at radius 3 is 0.916 bits per heavy atom. The van der Waals surface area contributed by atoms with Crippen molar-refractivity contribution in [3.8, 4) is 45.7 Å². The van der Waals surface area contributed by atoms with Crippen molar-refractivity contribution in [2.75, 3.05) is 78.5 Å². The maximum absolute atomic E-state index is 13.4. The predicted molar refractivity (Wildman–Crippen MR) is 503 cm³/mol. The van der Waals surface area contributed by atoms with Gasteiger partial charge in [0.15, 0.2) is 0 Å². The highest BCUT2D eigenvalue weighted by atomic mass is 19.3. The van der Waals surface area contributed by atoms with Crippen molar-refractivity contribution >= 4 is 43.6 Å². The maximum atomic E-state index is 13.4. The van der Waals surface area contributed by atoms with Gasteiger partial charge in [0.25, 0.3) is 28.2 Å². The monoisotopic (exact) mass is 1770 g/mol. The third-order valence-corrected chi connectivity index (χ3v) is 24.6. The van der Waals surface area contributed by atoms with Crippen LogP contribution >= 0.6 is 0 Å². The minimum atomic E-state index is -2.59. The number of likely N-dealkylation sites (tertiary alicyclic amines) is 4. The van der Waals surface area contributed by atoms with Crippen molar-refractivity contribution in [3.05, 3.63) is 356 Å². The van der Waals surface area contributed by atoms with Gasteiger partial charge in [-0.05, 0) is 170 Å². The van der Waals surface area contributed by atoms with Crippen LogP contribution in [-0.2, 0) is 52.6 Å². The SMILES string of the molecule is CC1CCN(CCn2ncc3cc(-n4ccc(OCc5ccccc5)cc4=O)ccc32)CC1.O=c1cc(OCc2ccccc2)ccn1-c1ccc2c(cnn2CCN2CCC(F)(F)C2)c1.O=c1cc(OCc2ccccc2)ccn1-c1ccc2c(cnn2CCN2CCC(O)CC2)c1.O=c1cc(OCc2ccccc2)ccn1-c1ccc2c(cnn2CCN2CC[C@H](F)C2)c1. The summed E-state index contributed by atoms with van der Waals surface area (Å²) in [6, 6.07) is 76.2. The van der Waals surface area contributed by atoms with Gasteiger partial charge in [0, 0.05) is 159 Å². The Bertz CT molecular complexity index is 6540. The molecule has 8 aromatic carbocycles. The van der Waals surface area contributed by atoms with E-state index in [0.29, 0.717) is 88.6 Å². The smallest absolute Gasteiger partial charge is 0.261 e. The van der Waals surface area contributed by atoms with E-state index in [2.05, 4.69) is 52.8 Å². The van der Waals surface area contributed by atoms with E-state index in [0.717, 1.165) is 160 Å². The molecule has 0 aliphatic carbocycles. The van der Waals surface area contributed by atoms with Crippen LogP contribution in [-0.4, -0.2) is 179 Å². The molecule has 8 aromatic heterocycles. The fourth-order valence-electron chi connectivity index (χ4n) is 17.0. The summed E-state index contributed by atoms with van der Waals surface area (Å²) in [4.78, 5) is 59.7. The second-order valence-electron chi connectivity index (χ2n) is 34.0. The first-order valence-corrected chi connectivity index (χ1v) is 44.9. The molecule has 25 nitrogen and oxygen atoms in total. The van der Waals surface area contributed by atoms with Crippen molar-refractivity contribution < 1.29 is 37.2 Å². The molecule has 131 heavy (non-hydrogen) atoms.